The van der Waals surface area contributed by atoms with Crippen LogP contribution in [0.5, 0.6) is 0 Å². The van der Waals surface area contributed by atoms with Crippen molar-refractivity contribution in [3.05, 3.63) is 73.4 Å². The van der Waals surface area contributed by atoms with Gasteiger partial charge in [-0.15, -0.1) is 0 Å². The largest absolute Gasteiger partial charge is 0.479 e. The molecule has 0 unspecified atom stereocenters. The molecule has 0 saturated heterocycles. The van der Waals surface area contributed by atoms with E-state index in [0.717, 1.165) is 28.0 Å². The van der Waals surface area contributed by atoms with Gasteiger partial charge in [-0.3, -0.25) is 0 Å². The number of carboxylic acids is 2. The minimum Gasteiger partial charge on any atom is -0.479 e. The Morgan fingerprint density at radius 1 is 0.857 bits per heavy atom. The van der Waals surface area contributed by atoms with Gasteiger partial charge in [0.15, 0.2) is 18.0 Å². The Labute approximate surface area is 197 Å². The number of benzene rings is 2. The Morgan fingerprint density at radius 3 is 1.97 bits per heavy atom. The van der Waals surface area contributed by atoms with Crippen molar-refractivity contribution in [1.82, 2.24) is 19.5 Å². The van der Waals surface area contributed by atoms with Crippen LogP contribution < -0.4 is 0 Å². The van der Waals surface area contributed by atoms with Crippen molar-refractivity contribution >= 4 is 22.8 Å². The molecule has 2 atom stereocenters. The predicted molar refractivity (Wildman–Crippen MR) is 124 cm³/mol. The van der Waals surface area contributed by atoms with E-state index in [1.54, 1.807) is 12.5 Å². The van der Waals surface area contributed by atoms with Gasteiger partial charge in [0.05, 0.1) is 11.8 Å². The molecular weight excluding hydrogens is 468 g/mol. The third-order valence-electron chi connectivity index (χ3n) is 4.20. The van der Waals surface area contributed by atoms with Crippen molar-refractivity contribution in [1.29, 1.82) is 0 Å². The van der Waals surface area contributed by atoms with E-state index in [9.17, 15) is 9.59 Å². The van der Waals surface area contributed by atoms with Gasteiger partial charge in [-0.05, 0) is 18.2 Å². The summed E-state index contributed by atoms with van der Waals surface area (Å²) in [4.78, 5) is 32.7. The van der Waals surface area contributed by atoms with Gasteiger partial charge in [0.25, 0.3) is 0 Å². The van der Waals surface area contributed by atoms with E-state index in [0.29, 0.717) is 0 Å². The molecule has 0 aliphatic rings. The maximum Gasteiger partial charge on any atom is 0.335 e. The Morgan fingerprint density at radius 2 is 1.46 bits per heavy atom. The van der Waals surface area contributed by atoms with E-state index < -0.39 is 24.1 Å². The molecule has 14 heteroatoms. The number of carboxylic acid groups (broad SMARTS) is 2. The molecule has 0 radical (unpaired) electrons. The Balaban J connectivity index is 0. The summed E-state index contributed by atoms with van der Waals surface area (Å²) < 4.78 is 1.96. The summed E-state index contributed by atoms with van der Waals surface area (Å²) in [5.74, 6) is -2.79. The highest BCUT2D eigenvalue weighted by Gasteiger charge is 2.29. The standard InChI is InChI=1S/C17H12N4.C4H6O6.4H2O/c1-2-4-13(5-3-1)17-19-11-14-10-15(6-7-16(14)20-17)21-9-8-18-12-21;5-1(3(7)8)2(6)4(9)10;;;;/h1-12H;1-2,5-6H,(H,7,8)(H,9,10);4*1H2/t;1-,2-;;;;/m.1..../s1. The lowest BCUT2D eigenvalue weighted by atomic mass is 10.2. The molecule has 0 amide bonds. The summed E-state index contributed by atoms with van der Waals surface area (Å²) in [6, 6.07) is 16.1. The van der Waals surface area contributed by atoms with Crippen LogP contribution >= 0.6 is 0 Å². The molecule has 0 fully saturated rings. The number of nitrogens with zero attached hydrogens (tertiary/aromatic N) is 4. The van der Waals surface area contributed by atoms with Gasteiger partial charge in [0, 0.05) is 35.2 Å². The number of carbonyl (C=O) groups is 2. The normalized spacial score (nSPS) is 11.0. The number of aliphatic carboxylic acids is 2. The maximum atomic E-state index is 9.77. The number of rotatable bonds is 5. The fraction of sp³-hybridized carbons (Fsp3) is 0.0952. The summed E-state index contributed by atoms with van der Waals surface area (Å²) in [6.07, 6.45) is 2.79. The molecule has 0 saturated carbocycles. The molecule has 0 spiro atoms. The van der Waals surface area contributed by atoms with Crippen molar-refractivity contribution < 1.29 is 51.9 Å². The Bertz CT molecular complexity index is 1170. The fourth-order valence-electron chi connectivity index (χ4n) is 2.59. The third-order valence-corrected chi connectivity index (χ3v) is 4.20. The lowest BCUT2D eigenvalue weighted by Gasteiger charge is -2.07. The van der Waals surface area contributed by atoms with Crippen LogP contribution in [0.15, 0.2) is 73.4 Å². The van der Waals surface area contributed by atoms with E-state index in [1.807, 2.05) is 59.4 Å². The lowest BCUT2D eigenvalue weighted by molar-refractivity contribution is -0.165. The maximum absolute atomic E-state index is 9.77. The Hall–Kier alpha value is -4.31. The van der Waals surface area contributed by atoms with Crippen LogP contribution in [0.25, 0.3) is 28.0 Å². The van der Waals surface area contributed by atoms with Gasteiger partial charge in [-0.2, -0.15) is 0 Å². The number of fused-ring (bicyclic) bond motifs is 1. The van der Waals surface area contributed by atoms with Gasteiger partial charge < -0.3 is 46.9 Å². The van der Waals surface area contributed by atoms with Crippen LogP contribution in [-0.2, 0) is 9.59 Å². The zero-order valence-corrected chi connectivity index (χ0v) is 18.0. The summed E-state index contributed by atoms with van der Waals surface area (Å²) >= 11 is 0. The van der Waals surface area contributed by atoms with E-state index >= 15 is 0 Å². The molecule has 0 bridgehead atoms. The first-order valence-electron chi connectivity index (χ1n) is 8.99. The highest BCUT2D eigenvalue weighted by atomic mass is 16.4. The fourth-order valence-corrected chi connectivity index (χ4v) is 2.59. The van der Waals surface area contributed by atoms with Gasteiger partial charge in [0.2, 0.25) is 0 Å². The molecule has 12 N–H and O–H groups in total. The average molecular weight is 494 g/mol. The molecule has 35 heavy (non-hydrogen) atoms. The molecule has 4 rings (SSSR count). The Kier molecular flexibility index (Phi) is 13.9. The number of aliphatic hydroxyl groups is 2. The average Bonchev–Trinajstić information content (AvgIpc) is 3.33. The molecule has 14 nitrogen and oxygen atoms in total. The molecule has 2 heterocycles. The second-order valence-electron chi connectivity index (χ2n) is 6.34. The smallest absolute Gasteiger partial charge is 0.335 e. The molecule has 0 aliphatic carbocycles. The minimum atomic E-state index is -2.27. The SMILES string of the molecule is O.O.O.O.O=C(O)[C@H](O)[C@@H](O)C(=O)O.c1ccc(-c2ncc3cc(-n4ccnc4)ccc3n2)cc1. The second-order valence-corrected chi connectivity index (χ2v) is 6.34. The van der Waals surface area contributed by atoms with Crippen LogP contribution in [-0.4, -0.2) is 86.0 Å². The number of hydrogen-bond acceptors (Lipinski definition) is 7. The second kappa shape index (κ2) is 14.8. The molecular formula is C21H26N4O10. The molecule has 4 aromatic rings. The summed E-state index contributed by atoms with van der Waals surface area (Å²) in [7, 11) is 0. The van der Waals surface area contributed by atoms with Gasteiger partial charge in [-0.1, -0.05) is 30.3 Å². The van der Waals surface area contributed by atoms with Crippen LogP contribution in [0.3, 0.4) is 0 Å². The lowest BCUT2D eigenvalue weighted by Crippen LogP contribution is -2.39. The summed E-state index contributed by atoms with van der Waals surface area (Å²) in [5, 5.41) is 33.5. The van der Waals surface area contributed by atoms with Crippen LogP contribution in [0.4, 0.5) is 0 Å². The number of aromatic nitrogens is 4. The first-order valence-corrected chi connectivity index (χ1v) is 8.99. The highest BCUT2D eigenvalue weighted by molar-refractivity contribution is 5.83. The van der Waals surface area contributed by atoms with Crippen molar-refractivity contribution in [2.24, 2.45) is 0 Å². The molecule has 2 aromatic carbocycles. The van der Waals surface area contributed by atoms with Crippen molar-refractivity contribution in [2.75, 3.05) is 0 Å². The number of imidazole rings is 1. The van der Waals surface area contributed by atoms with E-state index in [2.05, 4.69) is 21.0 Å². The topological polar surface area (TPSA) is 285 Å². The summed E-state index contributed by atoms with van der Waals surface area (Å²) in [5.41, 5.74) is 3.02. The van der Waals surface area contributed by atoms with E-state index in [-0.39, 0.29) is 21.9 Å². The van der Waals surface area contributed by atoms with Gasteiger partial charge in [-0.25, -0.2) is 24.5 Å². The zero-order valence-electron chi connectivity index (χ0n) is 18.0. The molecule has 190 valence electrons. The van der Waals surface area contributed by atoms with Gasteiger partial charge >= 0.3 is 11.9 Å². The quantitative estimate of drug-likeness (QED) is 0.239. The zero-order chi connectivity index (χ0) is 22.4. The van der Waals surface area contributed by atoms with Crippen LogP contribution in [0, 0.1) is 0 Å². The first-order chi connectivity index (χ1) is 14.9. The van der Waals surface area contributed by atoms with Crippen molar-refractivity contribution in [2.45, 2.75) is 12.2 Å². The van der Waals surface area contributed by atoms with Crippen LogP contribution in [0.1, 0.15) is 0 Å². The number of aliphatic hydroxyl groups excluding tert-OH is 2. The predicted octanol–water partition coefficient (Wildman–Crippen LogP) is -1.94. The van der Waals surface area contributed by atoms with Crippen molar-refractivity contribution in [3.63, 3.8) is 0 Å². The van der Waals surface area contributed by atoms with Crippen molar-refractivity contribution in [3.8, 4) is 17.1 Å². The number of hydrogen-bond donors (Lipinski definition) is 4. The van der Waals surface area contributed by atoms with Crippen LogP contribution in [0.2, 0.25) is 0 Å². The summed E-state index contributed by atoms with van der Waals surface area (Å²) in [6.45, 7) is 0. The first kappa shape index (κ1) is 32.9. The highest BCUT2D eigenvalue weighted by Crippen LogP contribution is 2.20. The molecule has 0 aliphatic heterocycles. The molecule has 2 aromatic heterocycles. The third kappa shape index (κ3) is 8.20. The van der Waals surface area contributed by atoms with Gasteiger partial charge in [0.1, 0.15) is 0 Å². The monoisotopic (exact) mass is 494 g/mol. The van der Waals surface area contributed by atoms with E-state index in [1.165, 1.54) is 0 Å². The van der Waals surface area contributed by atoms with E-state index in [4.69, 9.17) is 20.4 Å². The minimum absolute atomic E-state index is 0.